The third-order valence-corrected chi connectivity index (χ3v) is 3.08. The molecule has 1 aliphatic carbocycles. The van der Waals surface area contributed by atoms with Crippen LogP contribution in [0.2, 0.25) is 0 Å². The van der Waals surface area contributed by atoms with Crippen molar-refractivity contribution in [1.29, 1.82) is 5.26 Å². The van der Waals surface area contributed by atoms with E-state index in [-0.39, 0.29) is 10.8 Å². The summed E-state index contributed by atoms with van der Waals surface area (Å²) in [6, 6.07) is 6.47. The van der Waals surface area contributed by atoms with Crippen LogP contribution in [-0.2, 0) is 10.8 Å². The Bertz CT molecular complexity index is 400. The van der Waals surface area contributed by atoms with Gasteiger partial charge in [-0.05, 0) is 29.9 Å². The second kappa shape index (κ2) is 3.06. The molecule has 0 N–H and O–H groups in total. The van der Waals surface area contributed by atoms with Crippen LogP contribution in [0.25, 0.3) is 0 Å². The van der Waals surface area contributed by atoms with Gasteiger partial charge in [-0.1, -0.05) is 26.8 Å². The van der Waals surface area contributed by atoms with Crippen molar-refractivity contribution in [2.45, 2.75) is 44.4 Å². The van der Waals surface area contributed by atoms with Gasteiger partial charge in [-0.25, -0.2) is 0 Å². The predicted molar refractivity (Wildman–Crippen MR) is 59.5 cm³/mol. The maximum Gasteiger partial charge on any atom is 0.0994 e. The smallest absolute Gasteiger partial charge is 0.0994 e. The van der Waals surface area contributed by atoms with Crippen LogP contribution in [0.15, 0.2) is 18.3 Å². The molecule has 0 saturated heterocycles. The molecule has 15 heavy (non-hydrogen) atoms. The molecule has 1 fully saturated rings. The highest BCUT2D eigenvalue weighted by atomic mass is 14.7. The molecule has 0 aliphatic heterocycles. The third-order valence-electron chi connectivity index (χ3n) is 3.08. The maximum atomic E-state index is 9.05. The molecule has 0 aromatic carbocycles. The van der Waals surface area contributed by atoms with Crippen LogP contribution < -0.4 is 0 Å². The van der Waals surface area contributed by atoms with Gasteiger partial charge < -0.3 is 0 Å². The molecule has 0 spiro atoms. The van der Waals surface area contributed by atoms with Crippen LogP contribution in [0.5, 0.6) is 0 Å². The van der Waals surface area contributed by atoms with Crippen molar-refractivity contribution in [3.8, 4) is 6.07 Å². The van der Waals surface area contributed by atoms with E-state index < -0.39 is 0 Å². The summed E-state index contributed by atoms with van der Waals surface area (Å²) in [5.41, 5.74) is 2.05. The van der Waals surface area contributed by atoms with Gasteiger partial charge in [-0.15, -0.1) is 0 Å². The van der Waals surface area contributed by atoms with Crippen LogP contribution in [0.3, 0.4) is 0 Å². The Balaban J connectivity index is 2.30. The lowest BCUT2D eigenvalue weighted by Crippen LogP contribution is -2.13. The summed E-state index contributed by atoms with van der Waals surface area (Å²) in [5.74, 6) is 0. The molecular weight excluding hydrogens is 184 g/mol. The third kappa shape index (κ3) is 1.74. The highest BCUT2D eigenvalue weighted by Gasteiger charge is 2.46. The number of aromatic nitrogens is 1. The van der Waals surface area contributed by atoms with Gasteiger partial charge in [0.05, 0.1) is 17.2 Å². The topological polar surface area (TPSA) is 36.7 Å². The van der Waals surface area contributed by atoms with Crippen LogP contribution in [0.1, 0.15) is 44.9 Å². The number of rotatable bonds is 1. The van der Waals surface area contributed by atoms with Crippen molar-refractivity contribution in [3.05, 3.63) is 29.6 Å². The molecule has 0 radical (unpaired) electrons. The molecule has 2 nitrogen and oxygen atoms in total. The van der Waals surface area contributed by atoms with Crippen LogP contribution in [-0.4, -0.2) is 4.98 Å². The minimum Gasteiger partial charge on any atom is -0.259 e. The van der Waals surface area contributed by atoms with Crippen molar-refractivity contribution >= 4 is 0 Å². The van der Waals surface area contributed by atoms with Gasteiger partial charge in [0, 0.05) is 6.20 Å². The summed E-state index contributed by atoms with van der Waals surface area (Å²) in [6.45, 7) is 6.50. The molecule has 1 aromatic rings. The highest BCUT2D eigenvalue weighted by molar-refractivity contribution is 5.35. The second-order valence-corrected chi connectivity index (χ2v) is 5.38. The molecule has 1 saturated carbocycles. The zero-order chi connectivity index (χ0) is 11.1. The number of nitriles is 1. The fraction of sp³-hybridized carbons (Fsp3) is 0.538. The van der Waals surface area contributed by atoms with Crippen molar-refractivity contribution in [2.75, 3.05) is 0 Å². The van der Waals surface area contributed by atoms with Gasteiger partial charge in [0.1, 0.15) is 0 Å². The van der Waals surface area contributed by atoms with Crippen LogP contribution in [0, 0.1) is 11.3 Å². The lowest BCUT2D eigenvalue weighted by molar-refractivity contribution is 0.586. The van der Waals surface area contributed by atoms with Gasteiger partial charge in [-0.3, -0.25) is 4.98 Å². The lowest BCUT2D eigenvalue weighted by atomic mass is 9.88. The Morgan fingerprint density at radius 2 is 2.00 bits per heavy atom. The van der Waals surface area contributed by atoms with E-state index in [0.29, 0.717) is 0 Å². The Morgan fingerprint density at radius 3 is 2.33 bits per heavy atom. The standard InChI is InChI=1S/C13H16N2/c1-12(2,3)10-4-5-11(15-8-10)13(9-14)6-7-13/h4-5,8H,6-7H2,1-3H3. The molecule has 0 amide bonds. The largest absolute Gasteiger partial charge is 0.259 e. The Hall–Kier alpha value is -1.36. The van der Waals surface area contributed by atoms with E-state index in [1.54, 1.807) is 0 Å². The first-order valence-electron chi connectivity index (χ1n) is 5.36. The van der Waals surface area contributed by atoms with Crippen LogP contribution in [0.4, 0.5) is 0 Å². The molecule has 0 bridgehead atoms. The fourth-order valence-electron chi connectivity index (χ4n) is 1.67. The van der Waals surface area contributed by atoms with Gasteiger partial charge in [0.25, 0.3) is 0 Å². The molecular formula is C13H16N2. The Kier molecular flexibility index (Phi) is 2.08. The monoisotopic (exact) mass is 200 g/mol. The van der Waals surface area contributed by atoms with Crippen molar-refractivity contribution in [2.24, 2.45) is 0 Å². The minimum absolute atomic E-state index is 0.134. The molecule has 2 rings (SSSR count). The average Bonchev–Trinajstić information content (AvgIpc) is 2.97. The van der Waals surface area contributed by atoms with Gasteiger partial charge in [-0.2, -0.15) is 5.26 Å². The van der Waals surface area contributed by atoms with Gasteiger partial charge >= 0.3 is 0 Å². The summed E-state index contributed by atoms with van der Waals surface area (Å²) >= 11 is 0. The van der Waals surface area contributed by atoms with Gasteiger partial charge in [0.2, 0.25) is 0 Å². The van der Waals surface area contributed by atoms with E-state index in [1.807, 2.05) is 12.3 Å². The first-order chi connectivity index (χ1) is 6.98. The number of hydrogen-bond donors (Lipinski definition) is 0. The molecule has 1 heterocycles. The molecule has 0 atom stereocenters. The zero-order valence-corrected chi connectivity index (χ0v) is 9.54. The normalized spacial score (nSPS) is 18.3. The fourth-order valence-corrected chi connectivity index (χ4v) is 1.67. The van der Waals surface area contributed by atoms with E-state index in [2.05, 4.69) is 37.9 Å². The quantitative estimate of drug-likeness (QED) is 0.698. The van der Waals surface area contributed by atoms with Crippen molar-refractivity contribution in [1.82, 2.24) is 4.98 Å². The summed E-state index contributed by atoms with van der Waals surface area (Å²) < 4.78 is 0. The SMILES string of the molecule is CC(C)(C)c1ccc(C2(C#N)CC2)nc1. The molecule has 78 valence electrons. The second-order valence-electron chi connectivity index (χ2n) is 5.38. The lowest BCUT2D eigenvalue weighted by Gasteiger charge is -2.18. The summed E-state index contributed by atoms with van der Waals surface area (Å²) in [4.78, 5) is 4.43. The van der Waals surface area contributed by atoms with Gasteiger partial charge in [0.15, 0.2) is 0 Å². The van der Waals surface area contributed by atoms with E-state index in [0.717, 1.165) is 18.5 Å². The summed E-state index contributed by atoms with van der Waals surface area (Å²) in [6.07, 6.45) is 3.84. The number of hydrogen-bond acceptors (Lipinski definition) is 2. The summed E-state index contributed by atoms with van der Waals surface area (Å²) in [7, 11) is 0. The van der Waals surface area contributed by atoms with E-state index in [4.69, 9.17) is 5.26 Å². The zero-order valence-electron chi connectivity index (χ0n) is 9.54. The Morgan fingerprint density at radius 1 is 1.33 bits per heavy atom. The predicted octanol–water partition coefficient (Wildman–Crippen LogP) is 2.93. The van der Waals surface area contributed by atoms with E-state index in [9.17, 15) is 0 Å². The number of pyridine rings is 1. The van der Waals surface area contributed by atoms with Crippen molar-refractivity contribution < 1.29 is 0 Å². The first kappa shape index (κ1) is 10.2. The molecule has 0 unspecified atom stereocenters. The molecule has 1 aromatic heterocycles. The first-order valence-corrected chi connectivity index (χ1v) is 5.36. The van der Waals surface area contributed by atoms with Crippen molar-refractivity contribution in [3.63, 3.8) is 0 Å². The maximum absolute atomic E-state index is 9.05. The minimum atomic E-state index is -0.254. The van der Waals surface area contributed by atoms with E-state index >= 15 is 0 Å². The Labute approximate surface area is 91.0 Å². The number of nitrogens with zero attached hydrogens (tertiary/aromatic N) is 2. The highest BCUT2D eigenvalue weighted by Crippen LogP contribution is 2.46. The summed E-state index contributed by atoms with van der Waals surface area (Å²) in [5, 5.41) is 9.05. The van der Waals surface area contributed by atoms with Crippen LogP contribution >= 0.6 is 0 Å². The molecule has 2 heteroatoms. The molecule has 1 aliphatic rings. The van der Waals surface area contributed by atoms with E-state index in [1.165, 1.54) is 5.56 Å². The average molecular weight is 200 g/mol.